The van der Waals surface area contributed by atoms with Crippen molar-refractivity contribution in [2.45, 2.75) is 61.7 Å². The largest absolute Gasteiger partial charge is 0.397 e. The van der Waals surface area contributed by atoms with Crippen LogP contribution in [0.3, 0.4) is 0 Å². The maximum absolute atomic E-state index is 12.5. The molecule has 1 saturated heterocycles. The number of anilines is 2. The van der Waals surface area contributed by atoms with Crippen LogP contribution in [0.2, 0.25) is 0 Å². The number of carbonyl (C=O) groups is 2. The Labute approximate surface area is 287 Å². The molecule has 5 aromatic rings. The van der Waals surface area contributed by atoms with Crippen molar-refractivity contribution in [2.24, 2.45) is 0 Å². The lowest BCUT2D eigenvalue weighted by Gasteiger charge is -2.36. The first-order valence-electron chi connectivity index (χ1n) is 15.9. The lowest BCUT2D eigenvalue weighted by molar-refractivity contribution is -0.245. The van der Waals surface area contributed by atoms with Crippen LogP contribution in [0, 0.1) is 0 Å². The summed E-state index contributed by atoms with van der Waals surface area (Å²) in [6, 6.07) is 31.0. The van der Waals surface area contributed by atoms with E-state index in [0.29, 0.717) is 30.8 Å². The number of nitrogen functional groups attached to an aromatic ring is 1. The average Bonchev–Trinajstić information content (AvgIpc) is 3.54. The third-order valence-corrected chi connectivity index (χ3v) is 10.4. The number of para-hydroxylation sites is 3. The Bertz CT molecular complexity index is 1800. The van der Waals surface area contributed by atoms with Crippen molar-refractivity contribution in [1.82, 2.24) is 10.3 Å². The number of thioether (sulfide) groups is 1. The zero-order valence-corrected chi connectivity index (χ0v) is 28.0. The molecule has 1 fully saturated rings. The summed E-state index contributed by atoms with van der Waals surface area (Å²) >= 11 is 3.39. The maximum atomic E-state index is 12.5. The molecule has 9 nitrogen and oxygen atoms in total. The highest BCUT2D eigenvalue weighted by Gasteiger charge is 2.32. The van der Waals surface area contributed by atoms with Crippen LogP contribution >= 0.6 is 23.1 Å². The summed E-state index contributed by atoms with van der Waals surface area (Å²) in [4.78, 5) is 29.5. The number of fused-ring (bicyclic) bond motifs is 1. The number of hydrogen-bond acceptors (Lipinski definition) is 9. The summed E-state index contributed by atoms with van der Waals surface area (Å²) in [6.45, 7) is 0.368. The second-order valence-electron chi connectivity index (χ2n) is 11.6. The van der Waals surface area contributed by atoms with Gasteiger partial charge < -0.3 is 30.9 Å². The molecule has 3 atom stereocenters. The summed E-state index contributed by atoms with van der Waals surface area (Å²) in [6.07, 6.45) is 0.781. The van der Waals surface area contributed by atoms with E-state index >= 15 is 0 Å². The number of aliphatic hydroxyl groups excluding tert-OH is 1. The minimum Gasteiger partial charge on any atom is -0.397 e. The van der Waals surface area contributed by atoms with Crippen LogP contribution in [-0.2, 0) is 32.2 Å². The SMILES string of the molecule is Nc1ccccc1NC(=O)CCCC(=O)NCc1ccc(C2OC(CSc3nc4ccccc4s3)CC(c3ccc(CO)cc3)O2)cc1. The molecule has 0 saturated carbocycles. The second-order valence-corrected chi connectivity index (χ2v) is 13.9. The zero-order valence-electron chi connectivity index (χ0n) is 26.3. The van der Waals surface area contributed by atoms with Gasteiger partial charge >= 0.3 is 0 Å². The van der Waals surface area contributed by atoms with Gasteiger partial charge in [-0.2, -0.15) is 0 Å². The number of benzene rings is 4. The highest BCUT2D eigenvalue weighted by molar-refractivity contribution is 8.01. The molecule has 0 aliphatic carbocycles. The van der Waals surface area contributed by atoms with Gasteiger partial charge in [-0.3, -0.25) is 9.59 Å². The molecule has 0 radical (unpaired) electrons. The number of ether oxygens (including phenoxy) is 2. The van der Waals surface area contributed by atoms with E-state index in [0.717, 1.165) is 37.9 Å². The first-order chi connectivity index (χ1) is 23.4. The van der Waals surface area contributed by atoms with E-state index in [-0.39, 0.29) is 43.5 Å². The standard InChI is InChI=1S/C37H38N4O5S2/c38-29-6-1-2-7-30(29)40-35(44)11-5-10-34(43)39-21-24-12-18-27(19-13-24)36-45-28(20-32(46-36)26-16-14-25(22-42)15-17-26)23-47-37-41-31-8-3-4-9-33(31)48-37/h1-4,6-9,12-19,28,32,36,42H,5,10-11,20-23,38H2,(H,39,43)(H,40,44). The minimum atomic E-state index is -0.566. The molecular weight excluding hydrogens is 645 g/mol. The number of hydrogen-bond donors (Lipinski definition) is 4. The predicted octanol–water partition coefficient (Wildman–Crippen LogP) is 7.13. The molecule has 2 heterocycles. The molecule has 0 spiro atoms. The van der Waals surface area contributed by atoms with E-state index in [4.69, 9.17) is 20.2 Å². The van der Waals surface area contributed by atoms with Crippen LogP contribution in [0.25, 0.3) is 10.2 Å². The first kappa shape index (κ1) is 33.6. The molecule has 248 valence electrons. The molecule has 48 heavy (non-hydrogen) atoms. The van der Waals surface area contributed by atoms with Crippen molar-refractivity contribution in [3.8, 4) is 0 Å². The lowest BCUT2D eigenvalue weighted by atomic mass is 10.0. The van der Waals surface area contributed by atoms with Gasteiger partial charge in [0.05, 0.1) is 40.4 Å². The number of thiazole rings is 1. The molecule has 11 heteroatoms. The van der Waals surface area contributed by atoms with E-state index in [1.807, 2.05) is 66.7 Å². The molecule has 2 amide bonds. The van der Waals surface area contributed by atoms with Gasteiger partial charge in [-0.05, 0) is 47.4 Å². The molecule has 0 bridgehead atoms. The Balaban J connectivity index is 1.03. The maximum Gasteiger partial charge on any atom is 0.224 e. The quantitative estimate of drug-likeness (QED) is 0.0761. The van der Waals surface area contributed by atoms with E-state index in [9.17, 15) is 14.7 Å². The number of carbonyl (C=O) groups excluding carboxylic acids is 2. The molecule has 4 aromatic carbocycles. The van der Waals surface area contributed by atoms with Gasteiger partial charge in [0.1, 0.15) is 0 Å². The number of rotatable bonds is 13. The molecule has 1 aromatic heterocycles. The van der Waals surface area contributed by atoms with Crippen LogP contribution in [0.4, 0.5) is 11.4 Å². The van der Waals surface area contributed by atoms with Crippen molar-refractivity contribution in [1.29, 1.82) is 0 Å². The molecule has 3 unspecified atom stereocenters. The minimum absolute atomic E-state index is 0.00633. The van der Waals surface area contributed by atoms with Crippen molar-refractivity contribution in [2.75, 3.05) is 16.8 Å². The first-order valence-corrected chi connectivity index (χ1v) is 17.7. The van der Waals surface area contributed by atoms with Gasteiger partial charge in [0, 0.05) is 37.1 Å². The van der Waals surface area contributed by atoms with Crippen LogP contribution in [0.1, 0.15) is 60.3 Å². The summed E-state index contributed by atoms with van der Waals surface area (Å²) < 4.78 is 15.2. The molecular formula is C37H38N4O5S2. The fraction of sp³-hybridized carbons (Fsp3) is 0.270. The average molecular weight is 683 g/mol. The van der Waals surface area contributed by atoms with Crippen LogP contribution in [-0.4, -0.2) is 33.8 Å². The zero-order chi connectivity index (χ0) is 33.3. The molecule has 1 aliphatic heterocycles. The highest BCUT2D eigenvalue weighted by atomic mass is 32.2. The van der Waals surface area contributed by atoms with Gasteiger partial charge in [-0.15, -0.1) is 11.3 Å². The molecule has 6 rings (SSSR count). The summed E-state index contributed by atoms with van der Waals surface area (Å²) in [5, 5.41) is 15.2. The van der Waals surface area contributed by atoms with Gasteiger partial charge in [0.25, 0.3) is 0 Å². The van der Waals surface area contributed by atoms with Gasteiger partial charge in [-0.1, -0.05) is 84.6 Å². The van der Waals surface area contributed by atoms with E-state index in [1.54, 1.807) is 47.4 Å². The lowest BCUT2D eigenvalue weighted by Crippen LogP contribution is -2.31. The third kappa shape index (κ3) is 9.00. The van der Waals surface area contributed by atoms with Crippen LogP contribution in [0.5, 0.6) is 0 Å². The number of aromatic nitrogens is 1. The third-order valence-electron chi connectivity index (χ3n) is 8.07. The summed E-state index contributed by atoms with van der Waals surface area (Å²) in [5.74, 6) is 0.441. The number of aliphatic hydroxyl groups is 1. The topological polar surface area (TPSA) is 136 Å². The van der Waals surface area contributed by atoms with Crippen molar-refractivity contribution in [3.05, 3.63) is 119 Å². The van der Waals surface area contributed by atoms with Gasteiger partial charge in [-0.25, -0.2) is 4.98 Å². The monoisotopic (exact) mass is 682 g/mol. The predicted molar refractivity (Wildman–Crippen MR) is 190 cm³/mol. The highest BCUT2D eigenvalue weighted by Crippen LogP contribution is 2.40. The Morgan fingerprint density at radius 2 is 1.58 bits per heavy atom. The van der Waals surface area contributed by atoms with Gasteiger partial charge in [0.15, 0.2) is 10.6 Å². The normalized spacial score (nSPS) is 17.6. The Kier molecular flexibility index (Phi) is 11.4. The Hall–Kier alpha value is -4.26. The molecule has 1 aliphatic rings. The second kappa shape index (κ2) is 16.2. The van der Waals surface area contributed by atoms with E-state index < -0.39 is 6.29 Å². The fourth-order valence-corrected chi connectivity index (χ4v) is 7.53. The van der Waals surface area contributed by atoms with Crippen molar-refractivity contribution < 1.29 is 24.2 Å². The number of nitrogens with two attached hydrogens (primary N) is 1. The number of nitrogens with zero attached hydrogens (tertiary/aromatic N) is 1. The summed E-state index contributed by atoms with van der Waals surface area (Å²) in [5.41, 5.74) is 11.7. The molecule has 5 N–H and O–H groups in total. The van der Waals surface area contributed by atoms with Crippen LogP contribution < -0.4 is 16.4 Å². The van der Waals surface area contributed by atoms with E-state index in [1.165, 1.54) is 4.70 Å². The smallest absolute Gasteiger partial charge is 0.224 e. The fourth-order valence-electron chi connectivity index (χ4n) is 5.41. The van der Waals surface area contributed by atoms with E-state index in [2.05, 4.69) is 16.7 Å². The van der Waals surface area contributed by atoms with Crippen molar-refractivity contribution in [3.63, 3.8) is 0 Å². The van der Waals surface area contributed by atoms with Crippen LogP contribution in [0.15, 0.2) is 101 Å². The van der Waals surface area contributed by atoms with Crippen molar-refractivity contribution >= 4 is 56.5 Å². The number of amides is 2. The summed E-state index contributed by atoms with van der Waals surface area (Å²) in [7, 11) is 0. The Morgan fingerprint density at radius 3 is 2.35 bits per heavy atom. The number of nitrogens with one attached hydrogen (secondary N) is 2. The van der Waals surface area contributed by atoms with Gasteiger partial charge in [0.2, 0.25) is 11.8 Å². The Morgan fingerprint density at radius 1 is 0.875 bits per heavy atom.